The fourth-order valence-electron chi connectivity index (χ4n) is 3.84. The van der Waals surface area contributed by atoms with Crippen LogP contribution in [0, 0.1) is 5.92 Å². The minimum Gasteiger partial charge on any atom is -0.465 e. The zero-order chi connectivity index (χ0) is 22.7. The van der Waals surface area contributed by atoms with Gasteiger partial charge in [0.2, 0.25) is 0 Å². The minimum absolute atomic E-state index is 0.242. The van der Waals surface area contributed by atoms with Crippen molar-refractivity contribution in [3.8, 4) is 0 Å². The maximum absolute atomic E-state index is 13.3. The number of carbonyl (C=O) groups excluding carboxylic acids is 3. The Hall–Kier alpha value is -3.45. The van der Waals surface area contributed by atoms with Gasteiger partial charge in [0.05, 0.1) is 18.2 Å². The monoisotopic (exact) mass is 448 g/mol. The van der Waals surface area contributed by atoms with Crippen molar-refractivity contribution < 1.29 is 19.1 Å². The fraction of sp³-hybridized carbons (Fsp3) is 0.240. The Morgan fingerprint density at radius 3 is 2.34 bits per heavy atom. The van der Waals surface area contributed by atoms with Gasteiger partial charge in [-0.2, -0.15) is 0 Å². The third-order valence-electron chi connectivity index (χ3n) is 5.57. The van der Waals surface area contributed by atoms with Crippen molar-refractivity contribution in [1.29, 1.82) is 0 Å². The number of nitrogens with one attached hydrogen (secondary N) is 2. The van der Waals surface area contributed by atoms with E-state index in [1.165, 1.54) is 18.4 Å². The largest absolute Gasteiger partial charge is 0.465 e. The summed E-state index contributed by atoms with van der Waals surface area (Å²) in [4.78, 5) is 38.9. The Balaban J connectivity index is 1.62. The topological polar surface area (TPSA) is 84.5 Å². The van der Waals surface area contributed by atoms with Gasteiger partial charge < -0.3 is 15.4 Å². The quantitative estimate of drug-likeness (QED) is 0.528. The number of hydrogen-bond acceptors (Lipinski definition) is 5. The number of anilines is 2. The second kappa shape index (κ2) is 9.36. The molecule has 164 valence electrons. The molecule has 0 aliphatic heterocycles. The van der Waals surface area contributed by atoms with Crippen molar-refractivity contribution in [2.24, 2.45) is 5.92 Å². The van der Waals surface area contributed by atoms with Crippen LogP contribution in [0.3, 0.4) is 0 Å². The summed E-state index contributed by atoms with van der Waals surface area (Å²) in [6, 6.07) is 15.5. The average molecular weight is 449 g/mol. The van der Waals surface area contributed by atoms with Crippen LogP contribution in [0.25, 0.3) is 0 Å². The normalized spacial score (nSPS) is 14.9. The van der Waals surface area contributed by atoms with Gasteiger partial charge >= 0.3 is 5.97 Å². The molecular weight excluding hydrogens is 424 g/mol. The first-order valence-corrected chi connectivity index (χ1v) is 11.3. The Morgan fingerprint density at radius 1 is 0.938 bits per heavy atom. The lowest BCUT2D eigenvalue weighted by Gasteiger charge is -2.18. The molecule has 2 aromatic carbocycles. The third kappa shape index (κ3) is 4.57. The standard InChI is InChI=1S/C25H24N2O4S/c1-15-8-13-19-20(14-15)32-24(27-22(28)16-6-4-3-5-7-16)21(19)23(29)26-18-11-9-17(10-12-18)25(30)31-2/h3-7,9-12,15H,8,13-14H2,1-2H3,(H,26,29)(H,27,28). The van der Waals surface area contributed by atoms with E-state index in [0.29, 0.717) is 33.3 Å². The minimum atomic E-state index is -0.435. The smallest absolute Gasteiger partial charge is 0.337 e. The zero-order valence-electron chi connectivity index (χ0n) is 17.9. The molecule has 0 radical (unpaired) electrons. The summed E-state index contributed by atoms with van der Waals surface area (Å²) in [5.41, 5.74) is 3.05. The Morgan fingerprint density at radius 2 is 1.66 bits per heavy atom. The molecule has 0 spiro atoms. The van der Waals surface area contributed by atoms with Crippen molar-refractivity contribution in [3.63, 3.8) is 0 Å². The lowest BCUT2D eigenvalue weighted by Crippen LogP contribution is -2.19. The number of amides is 2. The molecule has 2 amide bonds. The second-order valence-electron chi connectivity index (χ2n) is 7.90. The summed E-state index contributed by atoms with van der Waals surface area (Å²) in [7, 11) is 1.32. The van der Waals surface area contributed by atoms with E-state index >= 15 is 0 Å². The van der Waals surface area contributed by atoms with Crippen LogP contribution in [-0.4, -0.2) is 24.9 Å². The van der Waals surface area contributed by atoms with Gasteiger partial charge in [-0.1, -0.05) is 25.1 Å². The van der Waals surface area contributed by atoms with Crippen LogP contribution in [-0.2, 0) is 17.6 Å². The summed E-state index contributed by atoms with van der Waals surface area (Å²) >= 11 is 1.48. The molecule has 1 unspecified atom stereocenters. The van der Waals surface area contributed by atoms with Gasteiger partial charge in [0.1, 0.15) is 5.00 Å². The Labute approximate surface area is 190 Å². The molecule has 32 heavy (non-hydrogen) atoms. The van der Waals surface area contributed by atoms with Gasteiger partial charge in [0.15, 0.2) is 0 Å². The van der Waals surface area contributed by atoms with Crippen LogP contribution in [0.15, 0.2) is 54.6 Å². The lowest BCUT2D eigenvalue weighted by molar-refractivity contribution is 0.0600. The predicted molar refractivity (Wildman–Crippen MR) is 126 cm³/mol. The Bertz CT molecular complexity index is 1150. The highest BCUT2D eigenvalue weighted by Crippen LogP contribution is 2.40. The van der Waals surface area contributed by atoms with Gasteiger partial charge in [0.25, 0.3) is 11.8 Å². The molecule has 0 bridgehead atoms. The first-order valence-electron chi connectivity index (χ1n) is 10.5. The van der Waals surface area contributed by atoms with E-state index in [1.54, 1.807) is 36.4 Å². The van der Waals surface area contributed by atoms with Crippen LogP contribution in [0.4, 0.5) is 10.7 Å². The number of benzene rings is 2. The summed E-state index contributed by atoms with van der Waals surface area (Å²) in [5.74, 6) is -0.407. The van der Waals surface area contributed by atoms with Crippen LogP contribution >= 0.6 is 11.3 Å². The van der Waals surface area contributed by atoms with Crippen molar-refractivity contribution in [1.82, 2.24) is 0 Å². The molecular formula is C25H24N2O4S. The van der Waals surface area contributed by atoms with Crippen molar-refractivity contribution in [3.05, 3.63) is 81.7 Å². The molecule has 3 aromatic rings. The molecule has 1 aliphatic rings. The zero-order valence-corrected chi connectivity index (χ0v) is 18.8. The summed E-state index contributed by atoms with van der Waals surface area (Å²) < 4.78 is 4.71. The van der Waals surface area contributed by atoms with E-state index in [4.69, 9.17) is 4.74 Å². The number of methoxy groups -OCH3 is 1. The SMILES string of the molecule is COC(=O)c1ccc(NC(=O)c2c(NC(=O)c3ccccc3)sc3c2CCC(C)C3)cc1. The maximum Gasteiger partial charge on any atom is 0.337 e. The number of carbonyl (C=O) groups is 3. The van der Waals surface area contributed by atoms with E-state index in [0.717, 1.165) is 29.7 Å². The number of hydrogen-bond donors (Lipinski definition) is 2. The number of rotatable bonds is 5. The van der Waals surface area contributed by atoms with E-state index in [-0.39, 0.29) is 11.8 Å². The third-order valence-corrected chi connectivity index (χ3v) is 6.74. The predicted octanol–water partition coefficient (Wildman–Crippen LogP) is 5.16. The van der Waals surface area contributed by atoms with Gasteiger partial charge in [-0.05, 0) is 67.1 Å². The van der Waals surface area contributed by atoms with Gasteiger partial charge in [-0.15, -0.1) is 11.3 Å². The molecule has 1 atom stereocenters. The highest BCUT2D eigenvalue weighted by molar-refractivity contribution is 7.17. The molecule has 6 nitrogen and oxygen atoms in total. The molecule has 0 fully saturated rings. The molecule has 7 heteroatoms. The van der Waals surface area contributed by atoms with E-state index < -0.39 is 5.97 Å². The van der Waals surface area contributed by atoms with Gasteiger partial charge in [0, 0.05) is 16.1 Å². The molecule has 4 rings (SSSR count). The molecule has 1 aromatic heterocycles. The number of thiophene rings is 1. The molecule has 2 N–H and O–H groups in total. The highest BCUT2D eigenvalue weighted by atomic mass is 32.1. The van der Waals surface area contributed by atoms with Crippen molar-refractivity contribution in [2.75, 3.05) is 17.7 Å². The fourth-order valence-corrected chi connectivity index (χ4v) is 5.25. The molecule has 0 saturated heterocycles. The van der Waals surface area contributed by atoms with Crippen LogP contribution in [0.2, 0.25) is 0 Å². The van der Waals surface area contributed by atoms with Crippen LogP contribution in [0.1, 0.15) is 54.9 Å². The second-order valence-corrected chi connectivity index (χ2v) is 9.00. The van der Waals surface area contributed by atoms with E-state index in [2.05, 4.69) is 17.6 Å². The summed E-state index contributed by atoms with van der Waals surface area (Å²) in [6.07, 6.45) is 2.71. The highest BCUT2D eigenvalue weighted by Gasteiger charge is 2.28. The number of ether oxygens (including phenoxy) is 1. The number of esters is 1. The summed E-state index contributed by atoms with van der Waals surface area (Å²) in [5, 5.41) is 6.43. The molecule has 1 heterocycles. The first-order chi connectivity index (χ1) is 15.5. The summed E-state index contributed by atoms with van der Waals surface area (Å²) in [6.45, 7) is 2.20. The number of fused-ring (bicyclic) bond motifs is 1. The van der Waals surface area contributed by atoms with E-state index in [9.17, 15) is 14.4 Å². The first kappa shape index (κ1) is 21.8. The average Bonchev–Trinajstić information content (AvgIpc) is 3.16. The van der Waals surface area contributed by atoms with E-state index in [1.807, 2.05) is 18.2 Å². The van der Waals surface area contributed by atoms with Gasteiger partial charge in [-0.25, -0.2) is 4.79 Å². The maximum atomic E-state index is 13.3. The Kier molecular flexibility index (Phi) is 6.37. The molecule has 1 aliphatic carbocycles. The lowest BCUT2D eigenvalue weighted by atomic mass is 9.88. The van der Waals surface area contributed by atoms with Crippen LogP contribution < -0.4 is 10.6 Å². The van der Waals surface area contributed by atoms with Gasteiger partial charge in [-0.3, -0.25) is 9.59 Å². The van der Waals surface area contributed by atoms with Crippen LogP contribution in [0.5, 0.6) is 0 Å². The van der Waals surface area contributed by atoms with Crippen molar-refractivity contribution >= 4 is 39.8 Å². The van der Waals surface area contributed by atoms with Crippen molar-refractivity contribution in [2.45, 2.75) is 26.2 Å². The molecule has 0 saturated carbocycles.